The number of hydrogen-bond donors (Lipinski definition) is 2. The van der Waals surface area contributed by atoms with Crippen molar-refractivity contribution in [3.8, 4) is 11.3 Å². The molecule has 5 nitrogen and oxygen atoms in total. The molecule has 0 saturated heterocycles. The lowest BCUT2D eigenvalue weighted by Gasteiger charge is -2.17. The summed E-state index contributed by atoms with van der Waals surface area (Å²) in [5.41, 5.74) is 5.12. The van der Waals surface area contributed by atoms with Crippen LogP contribution in [0.2, 0.25) is 0 Å². The molecule has 28 heavy (non-hydrogen) atoms. The van der Waals surface area contributed by atoms with Crippen molar-refractivity contribution in [2.24, 2.45) is 0 Å². The van der Waals surface area contributed by atoms with Gasteiger partial charge in [-0.25, -0.2) is 4.98 Å². The van der Waals surface area contributed by atoms with Gasteiger partial charge in [0.15, 0.2) is 5.13 Å². The van der Waals surface area contributed by atoms with Gasteiger partial charge in [-0.2, -0.15) is 0 Å². The van der Waals surface area contributed by atoms with Crippen LogP contribution in [0.15, 0.2) is 53.9 Å². The summed E-state index contributed by atoms with van der Waals surface area (Å²) in [7, 11) is 0. The Balaban J connectivity index is 1.71. The third kappa shape index (κ3) is 5.04. The molecule has 0 aliphatic rings. The number of nitrogens with zero attached hydrogens (tertiary/aromatic N) is 1. The van der Waals surface area contributed by atoms with Crippen LogP contribution in [-0.4, -0.2) is 16.8 Å². The van der Waals surface area contributed by atoms with Crippen LogP contribution in [0, 0.1) is 13.8 Å². The fourth-order valence-corrected chi connectivity index (χ4v) is 3.73. The molecule has 144 valence electrons. The van der Waals surface area contributed by atoms with E-state index in [1.54, 1.807) is 0 Å². The Bertz CT molecular complexity index is 982. The summed E-state index contributed by atoms with van der Waals surface area (Å²) in [6.45, 7) is 5.54. The average molecular weight is 394 g/mol. The zero-order valence-corrected chi connectivity index (χ0v) is 17.0. The van der Waals surface area contributed by atoms with Crippen LogP contribution in [-0.2, 0) is 9.59 Å². The van der Waals surface area contributed by atoms with Crippen LogP contribution in [0.1, 0.15) is 36.1 Å². The molecular weight excluding hydrogens is 370 g/mol. The van der Waals surface area contributed by atoms with E-state index in [1.165, 1.54) is 23.8 Å². The molecule has 0 fully saturated rings. The first-order valence-electron chi connectivity index (χ1n) is 9.07. The number of carbonyl (C=O) groups is 2. The first-order valence-corrected chi connectivity index (χ1v) is 9.95. The summed E-state index contributed by atoms with van der Waals surface area (Å²) in [5, 5.41) is 8.19. The van der Waals surface area contributed by atoms with Crippen molar-refractivity contribution in [1.82, 2.24) is 10.3 Å². The fraction of sp³-hybridized carbons (Fsp3) is 0.227. The highest BCUT2D eigenvalue weighted by Crippen LogP contribution is 2.28. The second-order valence-electron chi connectivity index (χ2n) is 6.77. The summed E-state index contributed by atoms with van der Waals surface area (Å²) >= 11 is 1.39. The Labute approximate surface area is 168 Å². The summed E-state index contributed by atoms with van der Waals surface area (Å²) in [5.74, 6) is -0.363. The summed E-state index contributed by atoms with van der Waals surface area (Å²) in [4.78, 5) is 28.6. The third-order valence-electron chi connectivity index (χ3n) is 4.39. The standard InChI is InChI=1S/C22H23N3O2S/c1-14-9-10-15(2)18(11-14)20-13-28-22(24-20)25-21(27)12-19(23-16(3)26)17-7-5-4-6-8-17/h4-11,13,19H,12H2,1-3H3,(H,23,26)(H,24,25,27)/t19-/m1/s1. The minimum absolute atomic E-state index is 0.141. The Morgan fingerprint density at radius 2 is 1.86 bits per heavy atom. The topological polar surface area (TPSA) is 71.1 Å². The van der Waals surface area contributed by atoms with Crippen molar-refractivity contribution in [2.75, 3.05) is 5.32 Å². The van der Waals surface area contributed by atoms with Gasteiger partial charge in [0.1, 0.15) is 0 Å². The van der Waals surface area contributed by atoms with Crippen LogP contribution in [0.3, 0.4) is 0 Å². The van der Waals surface area contributed by atoms with E-state index in [-0.39, 0.29) is 24.3 Å². The number of aromatic nitrogens is 1. The molecule has 3 rings (SSSR count). The maximum Gasteiger partial charge on any atom is 0.228 e. The van der Waals surface area contributed by atoms with E-state index in [1.807, 2.05) is 49.6 Å². The van der Waals surface area contributed by atoms with Gasteiger partial charge >= 0.3 is 0 Å². The largest absolute Gasteiger partial charge is 0.349 e. The van der Waals surface area contributed by atoms with Gasteiger partial charge in [-0.3, -0.25) is 9.59 Å². The summed E-state index contributed by atoms with van der Waals surface area (Å²) in [6, 6.07) is 15.3. The lowest BCUT2D eigenvalue weighted by atomic mass is 10.0. The molecule has 1 aromatic heterocycles. The third-order valence-corrected chi connectivity index (χ3v) is 5.15. The number of nitrogens with one attached hydrogen (secondary N) is 2. The molecule has 1 heterocycles. The van der Waals surface area contributed by atoms with Gasteiger partial charge in [0.25, 0.3) is 0 Å². The van der Waals surface area contributed by atoms with Crippen LogP contribution < -0.4 is 10.6 Å². The number of thiazole rings is 1. The number of benzene rings is 2. The van der Waals surface area contributed by atoms with Crippen molar-refractivity contribution in [3.63, 3.8) is 0 Å². The molecule has 2 N–H and O–H groups in total. The minimum atomic E-state index is -0.378. The van der Waals surface area contributed by atoms with Crippen LogP contribution in [0.5, 0.6) is 0 Å². The molecule has 0 radical (unpaired) electrons. The minimum Gasteiger partial charge on any atom is -0.349 e. The van der Waals surface area contributed by atoms with Gasteiger partial charge in [-0.15, -0.1) is 11.3 Å². The molecule has 0 spiro atoms. The van der Waals surface area contributed by atoms with Crippen LogP contribution in [0.25, 0.3) is 11.3 Å². The number of carbonyl (C=O) groups excluding carboxylic acids is 2. The lowest BCUT2D eigenvalue weighted by molar-refractivity contribution is -0.120. The smallest absolute Gasteiger partial charge is 0.228 e. The lowest BCUT2D eigenvalue weighted by Crippen LogP contribution is -2.29. The molecule has 0 aliphatic heterocycles. The number of hydrogen-bond acceptors (Lipinski definition) is 4. The van der Waals surface area contributed by atoms with E-state index >= 15 is 0 Å². The first-order chi connectivity index (χ1) is 13.4. The summed E-state index contributed by atoms with van der Waals surface area (Å²) < 4.78 is 0. The molecule has 2 amide bonds. The average Bonchev–Trinajstić information content (AvgIpc) is 3.11. The zero-order valence-electron chi connectivity index (χ0n) is 16.2. The molecule has 0 aliphatic carbocycles. The van der Waals surface area contributed by atoms with Crippen molar-refractivity contribution in [1.29, 1.82) is 0 Å². The van der Waals surface area contributed by atoms with Crippen molar-refractivity contribution >= 4 is 28.3 Å². The van der Waals surface area contributed by atoms with Gasteiger partial charge in [0.2, 0.25) is 11.8 Å². The number of anilines is 1. The highest BCUT2D eigenvalue weighted by molar-refractivity contribution is 7.14. The highest BCUT2D eigenvalue weighted by atomic mass is 32.1. The molecule has 1 atom stereocenters. The van der Waals surface area contributed by atoms with Gasteiger partial charge < -0.3 is 10.6 Å². The number of rotatable bonds is 6. The number of aryl methyl sites for hydroxylation is 2. The van der Waals surface area contributed by atoms with E-state index in [4.69, 9.17) is 0 Å². The predicted molar refractivity (Wildman–Crippen MR) is 113 cm³/mol. The Morgan fingerprint density at radius 1 is 1.11 bits per heavy atom. The highest BCUT2D eigenvalue weighted by Gasteiger charge is 2.18. The van der Waals surface area contributed by atoms with E-state index in [2.05, 4.69) is 33.8 Å². The fourth-order valence-electron chi connectivity index (χ4n) is 3.01. The monoisotopic (exact) mass is 393 g/mol. The Morgan fingerprint density at radius 3 is 2.57 bits per heavy atom. The Hall–Kier alpha value is -2.99. The molecular formula is C22H23N3O2S. The summed E-state index contributed by atoms with van der Waals surface area (Å²) in [6.07, 6.45) is 0.141. The normalized spacial score (nSPS) is 11.7. The van der Waals surface area contributed by atoms with Crippen molar-refractivity contribution in [3.05, 3.63) is 70.6 Å². The van der Waals surface area contributed by atoms with Gasteiger partial charge in [-0.1, -0.05) is 48.0 Å². The second kappa shape index (κ2) is 8.80. The molecule has 2 aromatic carbocycles. The van der Waals surface area contributed by atoms with E-state index < -0.39 is 0 Å². The Kier molecular flexibility index (Phi) is 6.21. The van der Waals surface area contributed by atoms with Crippen molar-refractivity contribution in [2.45, 2.75) is 33.2 Å². The van der Waals surface area contributed by atoms with Gasteiger partial charge in [-0.05, 0) is 31.0 Å². The molecule has 0 unspecified atom stereocenters. The van der Waals surface area contributed by atoms with E-state index in [9.17, 15) is 9.59 Å². The zero-order chi connectivity index (χ0) is 20.1. The molecule has 0 saturated carbocycles. The maximum atomic E-state index is 12.5. The van der Waals surface area contributed by atoms with Crippen molar-refractivity contribution < 1.29 is 9.59 Å². The SMILES string of the molecule is CC(=O)N[C@H](CC(=O)Nc1nc(-c2cc(C)ccc2C)cs1)c1ccccc1. The molecule has 3 aromatic rings. The van der Waals surface area contributed by atoms with E-state index in [0.717, 1.165) is 22.4 Å². The van der Waals surface area contributed by atoms with Crippen LogP contribution >= 0.6 is 11.3 Å². The maximum absolute atomic E-state index is 12.5. The van der Waals surface area contributed by atoms with E-state index in [0.29, 0.717) is 5.13 Å². The predicted octanol–water partition coefficient (Wildman–Crippen LogP) is 4.63. The molecule has 6 heteroatoms. The first kappa shape index (κ1) is 19.8. The molecule has 0 bridgehead atoms. The van der Waals surface area contributed by atoms with Gasteiger partial charge in [0.05, 0.1) is 18.2 Å². The number of amides is 2. The quantitative estimate of drug-likeness (QED) is 0.641. The second-order valence-corrected chi connectivity index (χ2v) is 7.63. The van der Waals surface area contributed by atoms with Gasteiger partial charge in [0, 0.05) is 17.9 Å². The van der Waals surface area contributed by atoms with Crippen LogP contribution in [0.4, 0.5) is 5.13 Å².